The van der Waals surface area contributed by atoms with Gasteiger partial charge in [-0.1, -0.05) is 25.2 Å². The molecule has 18 heavy (non-hydrogen) atoms. The van der Waals surface area contributed by atoms with Crippen molar-refractivity contribution in [3.8, 4) is 0 Å². The summed E-state index contributed by atoms with van der Waals surface area (Å²) in [4.78, 5) is 19.8. The van der Waals surface area contributed by atoms with Gasteiger partial charge in [0, 0.05) is 12.4 Å². The summed E-state index contributed by atoms with van der Waals surface area (Å²) in [6.07, 6.45) is 12.7. The first-order chi connectivity index (χ1) is 8.74. The molecular weight excluding hydrogens is 226 g/mol. The molecule has 0 bridgehead atoms. The van der Waals surface area contributed by atoms with Gasteiger partial charge in [-0.3, -0.25) is 14.8 Å². The Labute approximate surface area is 107 Å². The zero-order valence-electron chi connectivity index (χ0n) is 10.5. The number of allylic oxidation sites excluding steroid dienone is 3. The summed E-state index contributed by atoms with van der Waals surface area (Å²) in [6, 6.07) is 0. The molecule has 1 aromatic rings. The normalized spacial score (nSPS) is 18.3. The lowest BCUT2D eigenvalue weighted by Gasteiger charge is -2.12. The molecule has 1 unspecified atom stereocenters. The Morgan fingerprint density at radius 2 is 2.39 bits per heavy atom. The molecule has 0 aromatic carbocycles. The van der Waals surface area contributed by atoms with Crippen LogP contribution < -0.4 is 5.32 Å². The summed E-state index contributed by atoms with van der Waals surface area (Å²) in [6.45, 7) is 2.58. The fourth-order valence-electron chi connectivity index (χ4n) is 1.90. The third-order valence-electron chi connectivity index (χ3n) is 2.79. The van der Waals surface area contributed by atoms with E-state index in [0.717, 1.165) is 17.7 Å². The highest BCUT2D eigenvalue weighted by molar-refractivity contribution is 5.79. The molecule has 0 saturated heterocycles. The second-order valence-corrected chi connectivity index (χ2v) is 4.51. The van der Waals surface area contributed by atoms with Gasteiger partial charge in [0.25, 0.3) is 0 Å². The van der Waals surface area contributed by atoms with Gasteiger partial charge in [0.15, 0.2) is 0 Å². The van der Waals surface area contributed by atoms with E-state index in [-0.39, 0.29) is 5.91 Å². The van der Waals surface area contributed by atoms with Gasteiger partial charge in [0.1, 0.15) is 0 Å². The van der Waals surface area contributed by atoms with Crippen LogP contribution in [0.25, 0.3) is 0 Å². The zero-order valence-corrected chi connectivity index (χ0v) is 10.5. The third kappa shape index (κ3) is 3.80. The number of carbonyl (C=O) groups excluding carboxylic acids is 1. The van der Waals surface area contributed by atoms with Crippen LogP contribution in [0.4, 0.5) is 0 Å². The van der Waals surface area contributed by atoms with Crippen LogP contribution in [0.3, 0.4) is 0 Å². The fourth-order valence-corrected chi connectivity index (χ4v) is 1.90. The summed E-state index contributed by atoms with van der Waals surface area (Å²) in [5.41, 5.74) is 1.86. The van der Waals surface area contributed by atoms with Gasteiger partial charge >= 0.3 is 0 Å². The number of aromatic nitrogens is 2. The number of nitrogens with zero attached hydrogens (tertiary/aromatic N) is 2. The highest BCUT2D eigenvalue weighted by Gasteiger charge is 2.08. The molecule has 1 aromatic heterocycles. The maximum absolute atomic E-state index is 11.8. The van der Waals surface area contributed by atoms with E-state index >= 15 is 0 Å². The Bertz CT molecular complexity index is 465. The summed E-state index contributed by atoms with van der Waals surface area (Å²) in [7, 11) is 0. The van der Waals surface area contributed by atoms with Crippen molar-refractivity contribution in [2.24, 2.45) is 5.92 Å². The summed E-state index contributed by atoms with van der Waals surface area (Å²) < 4.78 is 0. The predicted octanol–water partition coefficient (Wildman–Crippen LogP) is 2.01. The Hall–Kier alpha value is -1.97. The third-order valence-corrected chi connectivity index (χ3v) is 2.79. The minimum absolute atomic E-state index is 0.0191. The van der Waals surface area contributed by atoms with Gasteiger partial charge in [0.05, 0.1) is 24.9 Å². The van der Waals surface area contributed by atoms with Crippen molar-refractivity contribution >= 4 is 5.91 Å². The topological polar surface area (TPSA) is 54.9 Å². The van der Waals surface area contributed by atoms with Crippen molar-refractivity contribution < 1.29 is 4.79 Å². The molecule has 94 valence electrons. The molecule has 1 heterocycles. The predicted molar refractivity (Wildman–Crippen MR) is 69.5 cm³/mol. The van der Waals surface area contributed by atoms with E-state index in [2.05, 4.69) is 34.4 Å². The van der Waals surface area contributed by atoms with Gasteiger partial charge in [-0.05, 0) is 17.9 Å². The lowest BCUT2D eigenvalue weighted by Crippen LogP contribution is -2.23. The van der Waals surface area contributed by atoms with Crippen LogP contribution in [0.5, 0.6) is 0 Å². The molecule has 4 nitrogen and oxygen atoms in total. The SMILES string of the molecule is CC1C=C(CC(=O)NCc2cnccn2)C=CC1. The quantitative estimate of drug-likeness (QED) is 0.880. The molecule has 1 N–H and O–H groups in total. The maximum atomic E-state index is 11.8. The van der Waals surface area contributed by atoms with Crippen molar-refractivity contribution in [1.82, 2.24) is 15.3 Å². The van der Waals surface area contributed by atoms with Crippen molar-refractivity contribution in [3.05, 3.63) is 48.1 Å². The van der Waals surface area contributed by atoms with E-state index in [9.17, 15) is 4.79 Å². The number of hydrogen-bond acceptors (Lipinski definition) is 3. The Morgan fingerprint density at radius 1 is 1.50 bits per heavy atom. The molecular formula is C14H17N3O. The maximum Gasteiger partial charge on any atom is 0.224 e. The zero-order chi connectivity index (χ0) is 12.8. The first kappa shape index (κ1) is 12.5. The summed E-state index contributed by atoms with van der Waals surface area (Å²) in [5.74, 6) is 0.545. The Kier molecular flexibility index (Phi) is 4.23. The van der Waals surface area contributed by atoms with E-state index in [0.29, 0.717) is 18.9 Å². The van der Waals surface area contributed by atoms with Gasteiger partial charge in [-0.2, -0.15) is 0 Å². The van der Waals surface area contributed by atoms with E-state index in [4.69, 9.17) is 0 Å². The first-order valence-corrected chi connectivity index (χ1v) is 6.13. The molecule has 1 atom stereocenters. The van der Waals surface area contributed by atoms with Crippen LogP contribution in [-0.4, -0.2) is 15.9 Å². The van der Waals surface area contributed by atoms with Gasteiger partial charge in [-0.15, -0.1) is 0 Å². The largest absolute Gasteiger partial charge is 0.350 e. The first-order valence-electron chi connectivity index (χ1n) is 6.13. The minimum atomic E-state index is 0.0191. The molecule has 0 radical (unpaired) electrons. The molecule has 1 aliphatic carbocycles. The van der Waals surface area contributed by atoms with Crippen molar-refractivity contribution in [2.75, 3.05) is 0 Å². The average molecular weight is 243 g/mol. The molecule has 0 saturated carbocycles. The highest BCUT2D eigenvalue weighted by atomic mass is 16.1. The van der Waals surface area contributed by atoms with Crippen LogP contribution >= 0.6 is 0 Å². The second kappa shape index (κ2) is 6.10. The van der Waals surface area contributed by atoms with Crippen LogP contribution in [0.15, 0.2) is 42.4 Å². The number of amides is 1. The minimum Gasteiger partial charge on any atom is -0.350 e. The molecule has 1 aliphatic rings. The Morgan fingerprint density at radius 3 is 3.11 bits per heavy atom. The molecule has 4 heteroatoms. The average Bonchev–Trinajstić information content (AvgIpc) is 2.38. The Balaban J connectivity index is 1.81. The number of rotatable bonds is 4. The number of carbonyl (C=O) groups is 1. The highest BCUT2D eigenvalue weighted by Crippen LogP contribution is 2.17. The number of nitrogens with one attached hydrogen (secondary N) is 1. The summed E-state index contributed by atoms with van der Waals surface area (Å²) >= 11 is 0. The molecule has 2 rings (SSSR count). The summed E-state index contributed by atoms with van der Waals surface area (Å²) in [5, 5.41) is 2.84. The fraction of sp³-hybridized carbons (Fsp3) is 0.357. The molecule has 0 fully saturated rings. The van der Waals surface area contributed by atoms with Crippen molar-refractivity contribution in [1.29, 1.82) is 0 Å². The lowest BCUT2D eigenvalue weighted by atomic mass is 9.96. The van der Waals surface area contributed by atoms with Crippen molar-refractivity contribution in [3.63, 3.8) is 0 Å². The van der Waals surface area contributed by atoms with Gasteiger partial charge in [0.2, 0.25) is 5.91 Å². The molecule has 0 spiro atoms. The van der Waals surface area contributed by atoms with Gasteiger partial charge in [-0.25, -0.2) is 0 Å². The molecule has 0 aliphatic heterocycles. The van der Waals surface area contributed by atoms with Crippen LogP contribution in [0.2, 0.25) is 0 Å². The van der Waals surface area contributed by atoms with Crippen LogP contribution in [0.1, 0.15) is 25.5 Å². The van der Waals surface area contributed by atoms with E-state index in [1.807, 2.05) is 6.08 Å². The van der Waals surface area contributed by atoms with E-state index in [1.54, 1.807) is 18.6 Å². The standard InChI is InChI=1S/C14H17N3O/c1-11-3-2-4-12(7-11)8-14(18)17-10-13-9-15-5-6-16-13/h2,4-7,9,11H,3,8,10H2,1H3,(H,17,18). The number of hydrogen-bond donors (Lipinski definition) is 1. The monoisotopic (exact) mass is 243 g/mol. The van der Waals surface area contributed by atoms with Crippen LogP contribution in [-0.2, 0) is 11.3 Å². The van der Waals surface area contributed by atoms with Crippen molar-refractivity contribution in [2.45, 2.75) is 26.3 Å². The van der Waals surface area contributed by atoms with E-state index in [1.165, 1.54) is 0 Å². The van der Waals surface area contributed by atoms with E-state index < -0.39 is 0 Å². The molecule has 1 amide bonds. The van der Waals surface area contributed by atoms with Gasteiger partial charge < -0.3 is 5.32 Å². The van der Waals surface area contributed by atoms with Crippen LogP contribution in [0, 0.1) is 5.92 Å². The smallest absolute Gasteiger partial charge is 0.224 e. The second-order valence-electron chi connectivity index (χ2n) is 4.51. The lowest BCUT2D eigenvalue weighted by molar-refractivity contribution is -0.120.